The maximum atomic E-state index is 14.1. The summed E-state index contributed by atoms with van der Waals surface area (Å²) in [5.74, 6) is 0.0617. The fourth-order valence-corrected chi connectivity index (χ4v) is 5.86. The van der Waals surface area contributed by atoms with E-state index in [-0.39, 0.29) is 29.0 Å². The van der Waals surface area contributed by atoms with Crippen LogP contribution in [0.3, 0.4) is 0 Å². The minimum Gasteiger partial charge on any atom is -0.497 e. The van der Waals surface area contributed by atoms with Crippen LogP contribution in [0.5, 0.6) is 5.75 Å². The van der Waals surface area contributed by atoms with Crippen LogP contribution >= 0.6 is 11.6 Å². The van der Waals surface area contributed by atoms with Gasteiger partial charge in [-0.25, -0.2) is 8.42 Å². The summed E-state index contributed by atoms with van der Waals surface area (Å²) >= 11 is 6.23. The smallest absolute Gasteiger partial charge is 0.264 e. The number of sulfonamides is 1. The zero-order valence-corrected chi connectivity index (χ0v) is 25.7. The average Bonchev–Trinajstić information content (AvgIpc) is 2.95. The van der Waals surface area contributed by atoms with Crippen LogP contribution in [0.25, 0.3) is 0 Å². The summed E-state index contributed by atoms with van der Waals surface area (Å²) in [5.41, 5.74) is 1.91. The molecule has 10 heteroatoms. The Labute approximate surface area is 248 Å². The molecule has 3 rings (SSSR count). The van der Waals surface area contributed by atoms with Crippen molar-refractivity contribution in [2.45, 2.75) is 51.6 Å². The lowest BCUT2D eigenvalue weighted by molar-refractivity contribution is -0.140. The van der Waals surface area contributed by atoms with Gasteiger partial charge in [0.2, 0.25) is 11.8 Å². The zero-order valence-electron chi connectivity index (χ0n) is 24.1. The van der Waals surface area contributed by atoms with E-state index >= 15 is 0 Å². The van der Waals surface area contributed by atoms with Crippen molar-refractivity contribution in [2.24, 2.45) is 5.92 Å². The Bertz CT molecular complexity index is 1430. The van der Waals surface area contributed by atoms with Gasteiger partial charge in [-0.05, 0) is 67.3 Å². The SMILES string of the molecule is CC[C@H](C(=O)NCC(C)C)N(Cc1ccc(OC)cc1)C(=O)CN(c1cccc(Cl)c1)S(=O)(=O)c1ccc(C)cc1. The molecular formula is C31H38ClN3O5S. The molecule has 8 nitrogen and oxygen atoms in total. The highest BCUT2D eigenvalue weighted by Gasteiger charge is 2.33. The number of halogens is 1. The molecule has 0 heterocycles. The van der Waals surface area contributed by atoms with E-state index in [0.717, 1.165) is 15.4 Å². The predicted molar refractivity (Wildman–Crippen MR) is 163 cm³/mol. The fraction of sp³-hybridized carbons (Fsp3) is 0.355. The number of hydrogen-bond acceptors (Lipinski definition) is 5. The summed E-state index contributed by atoms with van der Waals surface area (Å²) < 4.78 is 34.1. The van der Waals surface area contributed by atoms with Gasteiger partial charge in [0, 0.05) is 18.1 Å². The number of nitrogens with one attached hydrogen (secondary N) is 1. The molecule has 0 spiro atoms. The van der Waals surface area contributed by atoms with Crippen LogP contribution in [0.2, 0.25) is 5.02 Å². The van der Waals surface area contributed by atoms with Crippen molar-refractivity contribution >= 4 is 39.1 Å². The molecule has 0 unspecified atom stereocenters. The van der Waals surface area contributed by atoms with Crippen LogP contribution in [0, 0.1) is 12.8 Å². The van der Waals surface area contributed by atoms with Crippen LogP contribution < -0.4 is 14.4 Å². The number of aryl methyl sites for hydroxylation is 1. The quantitative estimate of drug-likeness (QED) is 0.283. The van der Waals surface area contributed by atoms with Crippen LogP contribution in [-0.2, 0) is 26.2 Å². The maximum absolute atomic E-state index is 14.1. The highest BCUT2D eigenvalue weighted by molar-refractivity contribution is 7.92. The van der Waals surface area contributed by atoms with E-state index in [1.165, 1.54) is 23.1 Å². The maximum Gasteiger partial charge on any atom is 0.264 e. The van der Waals surface area contributed by atoms with E-state index < -0.39 is 28.5 Å². The van der Waals surface area contributed by atoms with E-state index in [4.69, 9.17) is 16.3 Å². The van der Waals surface area contributed by atoms with E-state index in [2.05, 4.69) is 5.32 Å². The Morgan fingerprint density at radius 1 is 1.00 bits per heavy atom. The molecule has 0 fully saturated rings. The summed E-state index contributed by atoms with van der Waals surface area (Å²) in [6, 6.07) is 19.1. The third-order valence-corrected chi connectivity index (χ3v) is 8.59. The van der Waals surface area contributed by atoms with E-state index in [1.807, 2.05) is 39.8 Å². The fourth-order valence-electron chi connectivity index (χ4n) is 4.27. The van der Waals surface area contributed by atoms with Crippen LogP contribution in [0.15, 0.2) is 77.7 Å². The minimum absolute atomic E-state index is 0.0410. The third-order valence-electron chi connectivity index (χ3n) is 6.57. The second-order valence-corrected chi connectivity index (χ2v) is 12.5. The van der Waals surface area contributed by atoms with Crippen LogP contribution in [0.1, 0.15) is 38.3 Å². The first-order valence-corrected chi connectivity index (χ1v) is 15.3. The van der Waals surface area contributed by atoms with Crippen molar-refractivity contribution in [3.8, 4) is 5.75 Å². The van der Waals surface area contributed by atoms with Gasteiger partial charge in [0.05, 0.1) is 17.7 Å². The molecule has 0 aliphatic rings. The summed E-state index contributed by atoms with van der Waals surface area (Å²) in [4.78, 5) is 28.9. The van der Waals surface area contributed by atoms with Gasteiger partial charge in [-0.2, -0.15) is 0 Å². The number of rotatable bonds is 13. The van der Waals surface area contributed by atoms with Crippen molar-refractivity contribution in [1.29, 1.82) is 0 Å². The molecule has 3 aromatic carbocycles. The Morgan fingerprint density at radius 2 is 1.66 bits per heavy atom. The van der Waals surface area contributed by atoms with Gasteiger partial charge in [-0.1, -0.05) is 68.3 Å². The number of carbonyl (C=O) groups is 2. The Balaban J connectivity index is 2.04. The second kappa shape index (κ2) is 14.4. The number of hydrogen-bond donors (Lipinski definition) is 1. The van der Waals surface area contributed by atoms with Crippen molar-refractivity contribution in [3.63, 3.8) is 0 Å². The van der Waals surface area contributed by atoms with Gasteiger partial charge < -0.3 is 15.0 Å². The van der Waals surface area contributed by atoms with Gasteiger partial charge >= 0.3 is 0 Å². The highest BCUT2D eigenvalue weighted by atomic mass is 35.5. The van der Waals surface area contributed by atoms with Crippen LogP contribution in [-0.4, -0.2) is 51.4 Å². The number of amides is 2. The van der Waals surface area contributed by atoms with E-state index in [9.17, 15) is 18.0 Å². The molecular weight excluding hydrogens is 562 g/mol. The number of ether oxygens (including phenoxy) is 1. The molecule has 2 amide bonds. The van der Waals surface area contributed by atoms with Crippen molar-refractivity contribution in [3.05, 3.63) is 88.9 Å². The highest BCUT2D eigenvalue weighted by Crippen LogP contribution is 2.27. The lowest BCUT2D eigenvalue weighted by atomic mass is 10.1. The monoisotopic (exact) mass is 599 g/mol. The Hall–Kier alpha value is -3.56. The number of benzene rings is 3. The van der Waals surface area contributed by atoms with Gasteiger partial charge in [0.1, 0.15) is 18.3 Å². The minimum atomic E-state index is -4.16. The number of methoxy groups -OCH3 is 1. The first kappa shape index (κ1) is 32.0. The summed E-state index contributed by atoms with van der Waals surface area (Å²) in [6.07, 6.45) is 0.341. The number of nitrogens with zero attached hydrogens (tertiary/aromatic N) is 2. The van der Waals surface area contributed by atoms with E-state index in [0.29, 0.717) is 23.7 Å². The Kier molecular flexibility index (Phi) is 11.2. The molecule has 0 saturated heterocycles. The number of carbonyl (C=O) groups excluding carboxylic acids is 2. The first-order valence-electron chi connectivity index (χ1n) is 13.5. The van der Waals surface area contributed by atoms with Gasteiger partial charge in [0.15, 0.2) is 0 Å². The van der Waals surface area contributed by atoms with Crippen molar-refractivity contribution < 1.29 is 22.7 Å². The summed E-state index contributed by atoms with van der Waals surface area (Å²) in [5, 5.41) is 3.25. The molecule has 1 atom stereocenters. The van der Waals surface area contributed by atoms with Crippen LogP contribution in [0.4, 0.5) is 5.69 Å². The molecule has 1 N–H and O–H groups in total. The lowest BCUT2D eigenvalue weighted by Crippen LogP contribution is -2.52. The summed E-state index contributed by atoms with van der Waals surface area (Å²) in [7, 11) is -2.60. The lowest BCUT2D eigenvalue weighted by Gasteiger charge is -2.33. The molecule has 0 radical (unpaired) electrons. The van der Waals surface area contributed by atoms with Gasteiger partial charge in [-0.3, -0.25) is 13.9 Å². The molecule has 41 heavy (non-hydrogen) atoms. The Morgan fingerprint density at radius 3 is 2.22 bits per heavy atom. The van der Waals surface area contributed by atoms with Gasteiger partial charge in [0.25, 0.3) is 10.0 Å². The molecule has 3 aromatic rings. The predicted octanol–water partition coefficient (Wildman–Crippen LogP) is 5.43. The topological polar surface area (TPSA) is 96.0 Å². The normalized spacial score (nSPS) is 12.1. The molecule has 0 saturated carbocycles. The molecule has 220 valence electrons. The van der Waals surface area contributed by atoms with Crippen molar-refractivity contribution in [2.75, 3.05) is 24.5 Å². The largest absolute Gasteiger partial charge is 0.497 e. The third kappa shape index (κ3) is 8.47. The molecule has 0 bridgehead atoms. The molecule has 0 aliphatic carbocycles. The summed E-state index contributed by atoms with van der Waals surface area (Å²) in [6.45, 7) is 7.69. The number of anilines is 1. The molecule has 0 aromatic heterocycles. The standard InChI is InChI=1S/C31H38ClN3O5S/c1-6-29(31(37)33-19-22(2)3)34(20-24-12-14-27(40-5)15-13-24)30(36)21-35(26-9-7-8-25(32)18-26)41(38,39)28-16-10-23(4)11-17-28/h7-18,22,29H,6,19-21H2,1-5H3,(H,33,37)/t29-/m1/s1. The van der Waals surface area contributed by atoms with E-state index in [1.54, 1.807) is 49.6 Å². The second-order valence-electron chi connectivity index (χ2n) is 10.2. The first-order chi connectivity index (χ1) is 19.5. The zero-order chi connectivity index (χ0) is 30.2. The van der Waals surface area contributed by atoms with Crippen molar-refractivity contribution in [1.82, 2.24) is 10.2 Å². The average molecular weight is 600 g/mol. The molecule has 0 aliphatic heterocycles. The van der Waals surface area contributed by atoms with Gasteiger partial charge in [-0.15, -0.1) is 0 Å².